The molecule has 0 bridgehead atoms. The molecule has 0 aromatic rings. The summed E-state index contributed by atoms with van der Waals surface area (Å²) in [5.41, 5.74) is -0.130. The second-order valence-electron chi connectivity index (χ2n) is 3.08. The van der Waals surface area contributed by atoms with Gasteiger partial charge in [0.2, 0.25) is 0 Å². The average Bonchev–Trinajstić information content (AvgIpc) is 2.04. The molecule has 0 amide bonds. The van der Waals surface area contributed by atoms with Gasteiger partial charge in [0.1, 0.15) is 5.60 Å². The van der Waals surface area contributed by atoms with Crippen LogP contribution in [0.2, 0.25) is 0 Å². The summed E-state index contributed by atoms with van der Waals surface area (Å²) in [5.74, 6) is 0. The van der Waals surface area contributed by atoms with E-state index >= 15 is 0 Å². The zero-order valence-corrected chi connectivity index (χ0v) is 8.65. The molecule has 0 aromatic carbocycles. The molecule has 1 aliphatic heterocycles. The summed E-state index contributed by atoms with van der Waals surface area (Å²) in [6.07, 6.45) is 8.01. The fourth-order valence-electron chi connectivity index (χ4n) is 1.24. The summed E-state index contributed by atoms with van der Waals surface area (Å²) in [5, 5.41) is 0.772. The number of ether oxygens (including phenoxy) is 1. The van der Waals surface area contributed by atoms with Gasteiger partial charge in [-0.2, -0.15) is 0 Å². The molecule has 0 saturated carbocycles. The maximum atomic E-state index is 5.69. The molecule has 1 atom stereocenters. The standard InChI is InChI=1S/C9H15NOS/c1-4-5-9(2)6-7-10-8(11-9)12-3/h6-7H,4-5H2,1-3H3. The Balaban J connectivity index is 2.62. The van der Waals surface area contributed by atoms with E-state index in [2.05, 4.69) is 18.8 Å². The van der Waals surface area contributed by atoms with Crippen LogP contribution in [-0.2, 0) is 4.74 Å². The van der Waals surface area contributed by atoms with E-state index in [0.717, 1.165) is 18.1 Å². The molecule has 0 saturated heterocycles. The van der Waals surface area contributed by atoms with Crippen LogP contribution >= 0.6 is 11.8 Å². The third kappa shape index (κ3) is 2.27. The van der Waals surface area contributed by atoms with Gasteiger partial charge in [-0.15, -0.1) is 0 Å². The van der Waals surface area contributed by atoms with Crippen molar-refractivity contribution in [3.63, 3.8) is 0 Å². The number of aliphatic imine (C=N–C) groups is 1. The van der Waals surface area contributed by atoms with E-state index in [1.54, 1.807) is 11.8 Å². The first-order valence-electron chi connectivity index (χ1n) is 4.19. The summed E-state index contributed by atoms with van der Waals surface area (Å²) in [6, 6.07) is 0. The molecular formula is C9H15NOS. The molecule has 1 rings (SSSR count). The molecule has 0 aliphatic carbocycles. The quantitative estimate of drug-likeness (QED) is 0.659. The Labute approximate surface area is 78.1 Å². The van der Waals surface area contributed by atoms with Gasteiger partial charge in [-0.05, 0) is 25.7 Å². The lowest BCUT2D eigenvalue weighted by molar-refractivity contribution is 0.118. The van der Waals surface area contributed by atoms with Crippen molar-refractivity contribution < 1.29 is 4.74 Å². The Bertz CT molecular complexity index is 213. The van der Waals surface area contributed by atoms with E-state index in [0.29, 0.717) is 0 Å². The molecule has 3 heteroatoms. The van der Waals surface area contributed by atoms with Crippen LogP contribution in [-0.4, -0.2) is 17.1 Å². The third-order valence-corrected chi connectivity index (χ3v) is 2.39. The molecule has 0 N–H and O–H groups in total. The maximum absolute atomic E-state index is 5.69. The van der Waals surface area contributed by atoms with Gasteiger partial charge in [0.05, 0.1) is 0 Å². The SMILES string of the molecule is CCCC1(C)C=CN=C(SC)O1. The van der Waals surface area contributed by atoms with E-state index in [4.69, 9.17) is 4.74 Å². The zero-order valence-electron chi connectivity index (χ0n) is 7.83. The van der Waals surface area contributed by atoms with Crippen LogP contribution in [0.15, 0.2) is 17.3 Å². The summed E-state index contributed by atoms with van der Waals surface area (Å²) in [6.45, 7) is 4.25. The molecule has 68 valence electrons. The van der Waals surface area contributed by atoms with E-state index in [-0.39, 0.29) is 5.60 Å². The van der Waals surface area contributed by atoms with Crippen LogP contribution in [0.5, 0.6) is 0 Å². The van der Waals surface area contributed by atoms with Gasteiger partial charge < -0.3 is 4.74 Å². The Kier molecular flexibility index (Phi) is 3.20. The van der Waals surface area contributed by atoms with Crippen LogP contribution in [0.4, 0.5) is 0 Å². The van der Waals surface area contributed by atoms with Crippen LogP contribution in [0.1, 0.15) is 26.7 Å². The van der Waals surface area contributed by atoms with Gasteiger partial charge in [0.15, 0.2) is 0 Å². The monoisotopic (exact) mass is 185 g/mol. The van der Waals surface area contributed by atoms with Crippen molar-refractivity contribution in [2.24, 2.45) is 4.99 Å². The smallest absolute Gasteiger partial charge is 0.250 e. The first kappa shape index (κ1) is 9.65. The van der Waals surface area contributed by atoms with E-state index in [9.17, 15) is 0 Å². The Morgan fingerprint density at radius 1 is 1.67 bits per heavy atom. The van der Waals surface area contributed by atoms with Crippen molar-refractivity contribution in [3.05, 3.63) is 12.3 Å². The molecular weight excluding hydrogens is 170 g/mol. The fourth-order valence-corrected chi connectivity index (χ4v) is 1.68. The predicted octanol–water partition coefficient (Wildman–Crippen LogP) is 2.81. The van der Waals surface area contributed by atoms with E-state index in [1.165, 1.54) is 0 Å². The highest BCUT2D eigenvalue weighted by Gasteiger charge is 2.25. The van der Waals surface area contributed by atoms with Gasteiger partial charge in [0.25, 0.3) is 5.23 Å². The van der Waals surface area contributed by atoms with Gasteiger partial charge in [-0.25, -0.2) is 4.99 Å². The number of rotatable bonds is 2. The Hall–Kier alpha value is -0.440. The zero-order chi connectivity index (χ0) is 9.03. The minimum absolute atomic E-state index is 0.130. The minimum atomic E-state index is -0.130. The predicted molar refractivity (Wildman–Crippen MR) is 54.5 cm³/mol. The van der Waals surface area contributed by atoms with E-state index < -0.39 is 0 Å². The number of hydrogen-bond acceptors (Lipinski definition) is 3. The van der Waals surface area contributed by atoms with Crippen molar-refractivity contribution >= 4 is 17.0 Å². The average molecular weight is 185 g/mol. The second kappa shape index (κ2) is 3.99. The highest BCUT2D eigenvalue weighted by Crippen LogP contribution is 2.25. The lowest BCUT2D eigenvalue weighted by Gasteiger charge is -2.28. The van der Waals surface area contributed by atoms with Gasteiger partial charge in [-0.1, -0.05) is 25.1 Å². The second-order valence-corrected chi connectivity index (χ2v) is 3.84. The third-order valence-electron chi connectivity index (χ3n) is 1.85. The maximum Gasteiger partial charge on any atom is 0.250 e. The first-order chi connectivity index (χ1) is 5.70. The highest BCUT2D eigenvalue weighted by molar-refractivity contribution is 8.12. The lowest BCUT2D eigenvalue weighted by atomic mass is 10.0. The van der Waals surface area contributed by atoms with Crippen LogP contribution in [0.25, 0.3) is 0 Å². The fraction of sp³-hybridized carbons (Fsp3) is 0.667. The molecule has 2 nitrogen and oxygen atoms in total. The van der Waals surface area contributed by atoms with Crippen molar-refractivity contribution in [1.82, 2.24) is 0 Å². The van der Waals surface area contributed by atoms with Gasteiger partial charge in [-0.3, -0.25) is 0 Å². The van der Waals surface area contributed by atoms with Crippen molar-refractivity contribution in [3.8, 4) is 0 Å². The Morgan fingerprint density at radius 2 is 2.42 bits per heavy atom. The van der Waals surface area contributed by atoms with Crippen LogP contribution in [0, 0.1) is 0 Å². The van der Waals surface area contributed by atoms with E-state index in [1.807, 2.05) is 18.5 Å². The summed E-state index contributed by atoms with van der Waals surface area (Å²) >= 11 is 1.55. The van der Waals surface area contributed by atoms with Crippen molar-refractivity contribution in [2.45, 2.75) is 32.3 Å². The largest absolute Gasteiger partial charge is 0.462 e. The summed E-state index contributed by atoms with van der Waals surface area (Å²) in [4.78, 5) is 4.10. The molecule has 1 aliphatic rings. The molecule has 1 heterocycles. The van der Waals surface area contributed by atoms with Crippen molar-refractivity contribution in [2.75, 3.05) is 6.26 Å². The van der Waals surface area contributed by atoms with Gasteiger partial charge >= 0.3 is 0 Å². The van der Waals surface area contributed by atoms with Crippen molar-refractivity contribution in [1.29, 1.82) is 0 Å². The number of thioether (sulfide) groups is 1. The molecule has 0 spiro atoms. The topological polar surface area (TPSA) is 21.6 Å². The highest BCUT2D eigenvalue weighted by atomic mass is 32.2. The molecule has 12 heavy (non-hydrogen) atoms. The molecule has 0 fully saturated rings. The lowest BCUT2D eigenvalue weighted by Crippen LogP contribution is -2.29. The minimum Gasteiger partial charge on any atom is -0.462 e. The van der Waals surface area contributed by atoms with Crippen LogP contribution in [0.3, 0.4) is 0 Å². The van der Waals surface area contributed by atoms with Crippen LogP contribution < -0.4 is 0 Å². The van der Waals surface area contributed by atoms with Gasteiger partial charge in [0, 0.05) is 6.20 Å². The molecule has 1 unspecified atom stereocenters. The summed E-state index contributed by atoms with van der Waals surface area (Å²) in [7, 11) is 0. The number of nitrogens with zero attached hydrogens (tertiary/aromatic N) is 1. The normalized spacial score (nSPS) is 28.1. The first-order valence-corrected chi connectivity index (χ1v) is 5.41. The summed E-state index contributed by atoms with van der Waals surface area (Å²) < 4.78 is 5.69. The number of hydrogen-bond donors (Lipinski definition) is 0. The Morgan fingerprint density at radius 3 is 3.00 bits per heavy atom. The molecule has 0 radical (unpaired) electrons. The molecule has 0 aromatic heterocycles.